The van der Waals surface area contributed by atoms with Crippen molar-refractivity contribution in [1.82, 2.24) is 10.3 Å². The van der Waals surface area contributed by atoms with E-state index in [-0.39, 0.29) is 29.5 Å². The van der Waals surface area contributed by atoms with E-state index in [9.17, 15) is 9.59 Å². The van der Waals surface area contributed by atoms with Gasteiger partial charge in [0.25, 0.3) is 5.91 Å². The molecular formula is C14H21N3O3. The Balaban J connectivity index is 2.11. The molecule has 0 saturated heterocycles. The molecule has 110 valence electrons. The Bertz CT molecular complexity index is 510. The first kappa shape index (κ1) is 14.6. The first-order chi connectivity index (χ1) is 9.49. The molecule has 3 N–H and O–H groups in total. The first-order valence-corrected chi connectivity index (χ1v) is 7.03. The van der Waals surface area contributed by atoms with Crippen LogP contribution >= 0.6 is 0 Å². The van der Waals surface area contributed by atoms with Crippen LogP contribution in [0.25, 0.3) is 0 Å². The molecular weight excluding hydrogens is 258 g/mol. The average molecular weight is 279 g/mol. The van der Waals surface area contributed by atoms with E-state index in [2.05, 4.69) is 10.3 Å². The number of aromatic nitrogens is 1. The van der Waals surface area contributed by atoms with Crippen LogP contribution in [0.2, 0.25) is 0 Å². The maximum atomic E-state index is 12.2. The predicted octanol–water partition coefficient (Wildman–Crippen LogP) is 1.46. The van der Waals surface area contributed by atoms with E-state index in [0.717, 1.165) is 32.1 Å². The molecule has 2 amide bonds. The molecule has 2 atom stereocenters. The highest BCUT2D eigenvalue weighted by Crippen LogP contribution is 2.24. The normalized spacial score (nSPS) is 23.1. The summed E-state index contributed by atoms with van der Waals surface area (Å²) in [5.74, 6) is -0.287. The second kappa shape index (κ2) is 6.07. The van der Waals surface area contributed by atoms with Gasteiger partial charge in [-0.2, -0.15) is 0 Å². The zero-order chi connectivity index (χ0) is 14.7. The summed E-state index contributed by atoms with van der Waals surface area (Å²) in [6.45, 7) is 3.42. The van der Waals surface area contributed by atoms with Gasteiger partial charge >= 0.3 is 0 Å². The molecule has 6 heteroatoms. The van der Waals surface area contributed by atoms with E-state index in [4.69, 9.17) is 10.2 Å². The van der Waals surface area contributed by atoms with Gasteiger partial charge in [0.05, 0.1) is 11.6 Å². The molecule has 1 aromatic heterocycles. The van der Waals surface area contributed by atoms with Crippen molar-refractivity contribution in [3.8, 4) is 0 Å². The van der Waals surface area contributed by atoms with Crippen LogP contribution in [0.5, 0.6) is 0 Å². The third-order valence-electron chi connectivity index (χ3n) is 3.81. The fourth-order valence-corrected chi connectivity index (χ4v) is 2.80. The van der Waals surface area contributed by atoms with Crippen LogP contribution in [-0.2, 0) is 4.79 Å². The van der Waals surface area contributed by atoms with Gasteiger partial charge in [-0.15, -0.1) is 0 Å². The Hall–Kier alpha value is -1.85. The molecule has 1 heterocycles. The molecule has 1 aliphatic carbocycles. The minimum absolute atomic E-state index is 0.215. The lowest BCUT2D eigenvalue weighted by atomic mass is 9.94. The van der Waals surface area contributed by atoms with Crippen LogP contribution in [0.3, 0.4) is 0 Å². The number of hydrogen-bond acceptors (Lipinski definition) is 4. The van der Waals surface area contributed by atoms with Gasteiger partial charge in [0, 0.05) is 13.0 Å². The maximum Gasteiger partial charge on any atom is 0.289 e. The Labute approximate surface area is 118 Å². The molecule has 1 fully saturated rings. The van der Waals surface area contributed by atoms with Gasteiger partial charge in [-0.3, -0.25) is 9.59 Å². The third-order valence-corrected chi connectivity index (χ3v) is 3.81. The monoisotopic (exact) mass is 279 g/mol. The number of rotatable bonds is 3. The largest absolute Gasteiger partial charge is 0.436 e. The molecule has 1 aromatic rings. The van der Waals surface area contributed by atoms with Gasteiger partial charge in [0.2, 0.25) is 11.7 Å². The quantitative estimate of drug-likeness (QED) is 0.818. The zero-order valence-electron chi connectivity index (χ0n) is 11.9. The Morgan fingerprint density at radius 2 is 1.95 bits per heavy atom. The number of carbonyl (C=O) groups is 2. The fourth-order valence-electron chi connectivity index (χ4n) is 2.80. The number of nitrogens with two attached hydrogens (primary N) is 1. The molecule has 0 aromatic carbocycles. The highest BCUT2D eigenvalue weighted by molar-refractivity contribution is 5.93. The standard InChI is InChI=1S/C14H21N3O3/c1-8-12(20-9(2)16-8)14(19)17-11-7-5-3-4-6-10(11)13(15)18/h10-11H,3-7H2,1-2H3,(H2,15,18)(H,17,19)/t10-,11+/m0/s1. The summed E-state index contributed by atoms with van der Waals surface area (Å²) in [7, 11) is 0. The van der Waals surface area contributed by atoms with Crippen LogP contribution in [0.15, 0.2) is 4.42 Å². The first-order valence-electron chi connectivity index (χ1n) is 7.03. The van der Waals surface area contributed by atoms with E-state index < -0.39 is 0 Å². The molecule has 6 nitrogen and oxygen atoms in total. The summed E-state index contributed by atoms with van der Waals surface area (Å²) >= 11 is 0. The van der Waals surface area contributed by atoms with E-state index >= 15 is 0 Å². The zero-order valence-corrected chi connectivity index (χ0v) is 11.9. The molecule has 0 bridgehead atoms. The summed E-state index contributed by atoms with van der Waals surface area (Å²) in [4.78, 5) is 27.9. The molecule has 0 unspecified atom stereocenters. The average Bonchev–Trinajstić information content (AvgIpc) is 2.60. The number of nitrogens with zero attached hydrogens (tertiary/aromatic N) is 1. The fraction of sp³-hybridized carbons (Fsp3) is 0.643. The SMILES string of the molecule is Cc1nc(C)c(C(=O)N[C@@H]2CCCCC[C@@H]2C(N)=O)o1. The smallest absolute Gasteiger partial charge is 0.289 e. The summed E-state index contributed by atoms with van der Waals surface area (Å²) in [5.41, 5.74) is 6.01. The van der Waals surface area contributed by atoms with Gasteiger partial charge in [-0.25, -0.2) is 4.98 Å². The third kappa shape index (κ3) is 3.18. The Morgan fingerprint density at radius 3 is 2.55 bits per heavy atom. The number of amides is 2. The van der Waals surface area contributed by atoms with Crippen LogP contribution in [-0.4, -0.2) is 22.8 Å². The topological polar surface area (TPSA) is 98.2 Å². The van der Waals surface area contributed by atoms with E-state index in [0.29, 0.717) is 11.6 Å². The van der Waals surface area contributed by atoms with Gasteiger partial charge in [0.1, 0.15) is 0 Å². The Kier molecular flexibility index (Phi) is 4.42. The van der Waals surface area contributed by atoms with Crippen LogP contribution in [0.4, 0.5) is 0 Å². The molecule has 0 aliphatic heterocycles. The minimum atomic E-state index is -0.345. The van der Waals surface area contributed by atoms with Gasteiger partial charge in [-0.1, -0.05) is 19.3 Å². The summed E-state index contributed by atoms with van der Waals surface area (Å²) in [6.07, 6.45) is 4.53. The van der Waals surface area contributed by atoms with Crippen molar-refractivity contribution in [2.24, 2.45) is 11.7 Å². The van der Waals surface area contributed by atoms with E-state index in [1.54, 1.807) is 13.8 Å². The van der Waals surface area contributed by atoms with Gasteiger partial charge in [0.15, 0.2) is 5.89 Å². The highest BCUT2D eigenvalue weighted by Gasteiger charge is 2.30. The van der Waals surface area contributed by atoms with Crippen LogP contribution in [0.1, 0.15) is 54.2 Å². The maximum absolute atomic E-state index is 12.2. The van der Waals surface area contributed by atoms with Crippen molar-refractivity contribution in [2.75, 3.05) is 0 Å². The van der Waals surface area contributed by atoms with Crippen molar-refractivity contribution in [1.29, 1.82) is 0 Å². The molecule has 0 radical (unpaired) electrons. The number of nitrogens with one attached hydrogen (secondary N) is 1. The van der Waals surface area contributed by atoms with Crippen LogP contribution in [0, 0.1) is 19.8 Å². The number of aryl methyl sites for hydroxylation is 2. The lowest BCUT2D eigenvalue weighted by Gasteiger charge is -2.23. The second-order valence-corrected chi connectivity index (χ2v) is 5.37. The second-order valence-electron chi connectivity index (χ2n) is 5.37. The van der Waals surface area contributed by atoms with Crippen molar-refractivity contribution >= 4 is 11.8 Å². The van der Waals surface area contributed by atoms with Crippen LogP contribution < -0.4 is 11.1 Å². The van der Waals surface area contributed by atoms with Crippen molar-refractivity contribution in [3.63, 3.8) is 0 Å². The van der Waals surface area contributed by atoms with E-state index in [1.165, 1.54) is 0 Å². The number of carbonyl (C=O) groups excluding carboxylic acids is 2. The number of primary amides is 1. The van der Waals surface area contributed by atoms with Gasteiger partial charge < -0.3 is 15.5 Å². The van der Waals surface area contributed by atoms with E-state index in [1.807, 2.05) is 0 Å². The van der Waals surface area contributed by atoms with Crippen molar-refractivity contribution in [3.05, 3.63) is 17.3 Å². The highest BCUT2D eigenvalue weighted by atomic mass is 16.4. The summed E-state index contributed by atoms with van der Waals surface area (Å²) in [5, 5.41) is 2.89. The summed E-state index contributed by atoms with van der Waals surface area (Å²) in [6, 6.07) is -0.215. The molecule has 0 spiro atoms. The Morgan fingerprint density at radius 1 is 1.25 bits per heavy atom. The lowest BCUT2D eigenvalue weighted by molar-refractivity contribution is -0.122. The molecule has 2 rings (SSSR count). The molecule has 20 heavy (non-hydrogen) atoms. The minimum Gasteiger partial charge on any atom is -0.436 e. The van der Waals surface area contributed by atoms with Gasteiger partial charge in [-0.05, 0) is 19.8 Å². The predicted molar refractivity (Wildman–Crippen MR) is 73.0 cm³/mol. The summed E-state index contributed by atoms with van der Waals surface area (Å²) < 4.78 is 5.31. The number of hydrogen-bond donors (Lipinski definition) is 2. The number of oxazole rings is 1. The molecule has 1 aliphatic rings. The molecule has 1 saturated carbocycles. The van der Waals surface area contributed by atoms with Crippen molar-refractivity contribution in [2.45, 2.75) is 52.0 Å². The lowest BCUT2D eigenvalue weighted by Crippen LogP contribution is -2.45. The van der Waals surface area contributed by atoms with Crippen molar-refractivity contribution < 1.29 is 14.0 Å².